The van der Waals surface area contributed by atoms with Crippen LogP contribution in [0.3, 0.4) is 0 Å². The van der Waals surface area contributed by atoms with E-state index in [1.54, 1.807) is 18.2 Å². The van der Waals surface area contributed by atoms with E-state index in [9.17, 15) is 23.5 Å². The summed E-state index contributed by atoms with van der Waals surface area (Å²) in [6, 6.07) is 6.19. The van der Waals surface area contributed by atoms with Gasteiger partial charge >= 0.3 is 6.18 Å². The van der Waals surface area contributed by atoms with E-state index in [1.165, 1.54) is 12.3 Å². The van der Waals surface area contributed by atoms with E-state index < -0.39 is 18.3 Å². The summed E-state index contributed by atoms with van der Waals surface area (Å²) in [6.45, 7) is 3.90. The highest BCUT2D eigenvalue weighted by Gasteiger charge is 2.40. The number of aromatic nitrogens is 2. The summed E-state index contributed by atoms with van der Waals surface area (Å²) in [5, 5.41) is 25.4. The van der Waals surface area contributed by atoms with E-state index in [1.807, 2.05) is 19.9 Å². The number of nitrogens with zero attached hydrogens (tertiary/aromatic N) is 3. The molecule has 32 heavy (non-hydrogen) atoms. The molecule has 1 unspecified atom stereocenters. The van der Waals surface area contributed by atoms with Gasteiger partial charge in [0.25, 0.3) is 0 Å². The molecule has 1 aliphatic carbocycles. The third-order valence-electron chi connectivity index (χ3n) is 5.74. The molecule has 0 radical (unpaired) electrons. The normalized spacial score (nSPS) is 21.4. The Morgan fingerprint density at radius 1 is 1.34 bits per heavy atom. The number of benzene rings is 1. The van der Waals surface area contributed by atoms with Crippen LogP contribution in [-0.2, 0) is 6.42 Å². The van der Waals surface area contributed by atoms with Crippen LogP contribution in [0.1, 0.15) is 44.2 Å². The average molecular weight is 468 g/mol. The Kier molecular flexibility index (Phi) is 7.16. The Hall–Kier alpha value is -2.57. The Morgan fingerprint density at radius 2 is 2.09 bits per heavy atom. The van der Waals surface area contributed by atoms with Crippen molar-refractivity contribution in [1.82, 2.24) is 9.97 Å². The van der Waals surface area contributed by atoms with Crippen LogP contribution >= 0.6 is 11.6 Å². The molecule has 3 N–H and O–H groups in total. The second-order valence-electron chi connectivity index (χ2n) is 8.77. The minimum Gasteiger partial charge on any atom is -0.393 e. The minimum absolute atomic E-state index is 0.0758. The summed E-state index contributed by atoms with van der Waals surface area (Å²) in [5.41, 5.74) is 0.231. The van der Waals surface area contributed by atoms with Crippen molar-refractivity contribution in [2.45, 2.75) is 63.9 Å². The molecule has 3 rings (SSSR count). The van der Waals surface area contributed by atoms with Crippen molar-refractivity contribution in [1.29, 1.82) is 5.26 Å². The van der Waals surface area contributed by atoms with Gasteiger partial charge in [-0.15, -0.1) is 0 Å². The first kappa shape index (κ1) is 24.1. The highest BCUT2D eigenvalue weighted by atomic mass is 35.5. The smallest absolute Gasteiger partial charge is 0.393 e. The van der Waals surface area contributed by atoms with Gasteiger partial charge in [0.2, 0.25) is 5.95 Å². The number of rotatable bonds is 6. The summed E-state index contributed by atoms with van der Waals surface area (Å²) in [6.07, 6.45) is -2.28. The van der Waals surface area contributed by atoms with Crippen molar-refractivity contribution in [3.63, 3.8) is 0 Å². The van der Waals surface area contributed by atoms with Crippen LogP contribution in [0.15, 0.2) is 30.5 Å². The minimum atomic E-state index is -4.56. The fourth-order valence-electron chi connectivity index (χ4n) is 3.89. The lowest BCUT2D eigenvalue weighted by Gasteiger charge is -2.40. The predicted molar refractivity (Wildman–Crippen MR) is 116 cm³/mol. The number of aliphatic hydroxyl groups excluding tert-OH is 1. The van der Waals surface area contributed by atoms with E-state index in [0.29, 0.717) is 29.8 Å². The molecule has 0 amide bonds. The molecule has 1 heterocycles. The zero-order chi connectivity index (χ0) is 23.5. The molecule has 2 aromatic rings. The molecule has 172 valence electrons. The van der Waals surface area contributed by atoms with Gasteiger partial charge in [0.05, 0.1) is 12.3 Å². The molecule has 1 aromatic carbocycles. The molecular weight excluding hydrogens is 443 g/mol. The van der Waals surface area contributed by atoms with E-state index in [0.717, 1.165) is 0 Å². The Bertz CT molecular complexity index is 992. The highest BCUT2D eigenvalue weighted by molar-refractivity contribution is 6.30. The molecule has 0 spiro atoms. The number of halogens is 4. The topological polar surface area (TPSA) is 93.9 Å². The van der Waals surface area contributed by atoms with E-state index in [2.05, 4.69) is 20.6 Å². The maximum absolute atomic E-state index is 13.7. The number of aliphatic hydroxyl groups is 1. The first-order chi connectivity index (χ1) is 15.0. The molecule has 0 bridgehead atoms. The monoisotopic (exact) mass is 467 g/mol. The molecule has 1 aromatic heterocycles. The second kappa shape index (κ2) is 9.51. The van der Waals surface area contributed by atoms with Gasteiger partial charge < -0.3 is 15.7 Å². The van der Waals surface area contributed by atoms with Crippen molar-refractivity contribution >= 4 is 23.4 Å². The maximum Gasteiger partial charge on any atom is 0.408 e. The van der Waals surface area contributed by atoms with Gasteiger partial charge in [0.1, 0.15) is 23.5 Å². The molecule has 1 aliphatic rings. The zero-order valence-corrected chi connectivity index (χ0v) is 18.5. The number of hydrogen-bond donors (Lipinski definition) is 3. The van der Waals surface area contributed by atoms with E-state index in [-0.39, 0.29) is 35.2 Å². The molecule has 1 fully saturated rings. The van der Waals surface area contributed by atoms with Gasteiger partial charge in [-0.25, -0.2) is 4.98 Å². The number of alkyl halides is 3. The first-order valence-electron chi connectivity index (χ1n) is 10.3. The molecule has 1 saturated carbocycles. The van der Waals surface area contributed by atoms with Crippen LogP contribution < -0.4 is 10.6 Å². The third kappa shape index (κ3) is 6.02. The predicted octanol–water partition coefficient (Wildman–Crippen LogP) is 4.94. The number of anilines is 2. The van der Waals surface area contributed by atoms with Gasteiger partial charge in [-0.1, -0.05) is 37.6 Å². The first-order valence-corrected chi connectivity index (χ1v) is 10.6. The van der Waals surface area contributed by atoms with E-state index in [4.69, 9.17) is 11.6 Å². The number of nitrogens with one attached hydrogen (secondary N) is 2. The number of hydrogen-bond acceptors (Lipinski definition) is 6. The van der Waals surface area contributed by atoms with Crippen molar-refractivity contribution in [2.75, 3.05) is 10.6 Å². The van der Waals surface area contributed by atoms with Crippen LogP contribution in [-0.4, -0.2) is 39.4 Å². The molecule has 0 saturated heterocycles. The van der Waals surface area contributed by atoms with Gasteiger partial charge in [-0.3, -0.25) is 0 Å². The Balaban J connectivity index is 1.80. The van der Waals surface area contributed by atoms with Gasteiger partial charge in [0, 0.05) is 17.5 Å². The quantitative estimate of drug-likeness (QED) is 0.557. The molecule has 10 heteroatoms. The van der Waals surface area contributed by atoms with Crippen molar-refractivity contribution in [3.05, 3.63) is 46.6 Å². The fraction of sp³-hybridized carbons (Fsp3) is 0.500. The highest BCUT2D eigenvalue weighted by Crippen LogP contribution is 2.37. The van der Waals surface area contributed by atoms with Crippen molar-refractivity contribution in [3.8, 4) is 6.07 Å². The Labute approximate surface area is 189 Å². The second-order valence-corrected chi connectivity index (χ2v) is 9.20. The maximum atomic E-state index is 13.7. The summed E-state index contributed by atoms with van der Waals surface area (Å²) < 4.78 is 41.1. The van der Waals surface area contributed by atoms with Crippen LogP contribution in [0.4, 0.5) is 24.9 Å². The van der Waals surface area contributed by atoms with Crippen LogP contribution in [0.25, 0.3) is 0 Å². The lowest BCUT2D eigenvalue weighted by Crippen LogP contribution is -2.41. The largest absolute Gasteiger partial charge is 0.408 e. The fourth-order valence-corrected chi connectivity index (χ4v) is 4.10. The van der Waals surface area contributed by atoms with Crippen LogP contribution in [0.5, 0.6) is 0 Å². The Morgan fingerprint density at radius 3 is 2.72 bits per heavy atom. The average Bonchev–Trinajstić information content (AvgIpc) is 2.70. The van der Waals surface area contributed by atoms with Crippen molar-refractivity contribution < 1.29 is 18.3 Å². The third-order valence-corrected chi connectivity index (χ3v) is 5.98. The molecule has 3 atom stereocenters. The molecular formula is C22H25ClF3N5O. The summed E-state index contributed by atoms with van der Waals surface area (Å²) in [7, 11) is 0. The lowest BCUT2D eigenvalue weighted by molar-refractivity contribution is -0.142. The molecule has 6 nitrogen and oxygen atoms in total. The summed E-state index contributed by atoms with van der Waals surface area (Å²) in [4.78, 5) is 8.08. The SMILES string of the molecule is CC1(C)C[C@H](Nc2nc(NC(Cc3cccc(Cl)c3)C(F)(F)F)ncc2C#N)CC[C@@H]1O. The van der Waals surface area contributed by atoms with E-state index >= 15 is 0 Å². The van der Waals surface area contributed by atoms with Gasteiger partial charge in [0.15, 0.2) is 0 Å². The number of nitriles is 1. The van der Waals surface area contributed by atoms with Gasteiger partial charge in [-0.2, -0.15) is 23.4 Å². The summed E-state index contributed by atoms with van der Waals surface area (Å²) >= 11 is 5.90. The zero-order valence-electron chi connectivity index (χ0n) is 17.7. The molecule has 0 aliphatic heterocycles. The summed E-state index contributed by atoms with van der Waals surface area (Å²) in [5.74, 6) is -0.0585. The van der Waals surface area contributed by atoms with Crippen molar-refractivity contribution in [2.24, 2.45) is 5.41 Å². The lowest BCUT2D eigenvalue weighted by atomic mass is 9.73. The van der Waals surface area contributed by atoms with Crippen LogP contribution in [0.2, 0.25) is 5.02 Å². The van der Waals surface area contributed by atoms with Crippen LogP contribution in [0, 0.1) is 16.7 Å². The standard InChI is InChI=1S/C22H25ClF3N5O/c1-21(2)10-16(6-7-18(21)32)29-19-14(11-27)12-28-20(31-19)30-17(22(24,25)26)9-13-4-3-5-15(23)8-13/h3-5,8,12,16-18,32H,6-7,9-10H2,1-2H3,(H2,28,29,30,31)/t16-,17?,18+/m1/s1. The van der Waals surface area contributed by atoms with Gasteiger partial charge in [-0.05, 0) is 42.4 Å².